The number of hydrogen-bond acceptors (Lipinski definition) is 3. The van der Waals surface area contributed by atoms with Crippen molar-refractivity contribution in [3.05, 3.63) is 64.2 Å². The number of benzene rings is 2. The lowest BCUT2D eigenvalue weighted by molar-refractivity contribution is -0.143. The molecule has 172 valence electrons. The first kappa shape index (κ1) is 24.1. The number of ether oxygens (including phenoxy) is 1. The third-order valence-electron chi connectivity index (χ3n) is 6.01. The first-order chi connectivity index (χ1) is 15.4. The minimum atomic E-state index is -0.542. The third kappa shape index (κ3) is 6.49. The molecule has 3 rings (SSSR count). The van der Waals surface area contributed by atoms with Crippen molar-refractivity contribution in [3.8, 4) is 5.75 Å². The highest BCUT2D eigenvalue weighted by Crippen LogP contribution is 2.22. The van der Waals surface area contributed by atoms with Gasteiger partial charge in [-0.2, -0.15) is 0 Å². The number of carbonyl (C=O) groups is 2. The van der Waals surface area contributed by atoms with Crippen LogP contribution in [0.4, 0.5) is 0 Å². The molecular formula is C26H33ClN2O3. The van der Waals surface area contributed by atoms with Crippen LogP contribution in [0.1, 0.15) is 55.7 Å². The Morgan fingerprint density at radius 1 is 1.16 bits per heavy atom. The van der Waals surface area contributed by atoms with Crippen molar-refractivity contribution >= 4 is 23.4 Å². The van der Waals surface area contributed by atoms with E-state index in [-0.39, 0.29) is 24.5 Å². The molecule has 0 radical (unpaired) electrons. The Morgan fingerprint density at radius 3 is 2.56 bits per heavy atom. The summed E-state index contributed by atoms with van der Waals surface area (Å²) in [5.74, 6) is 0.287. The standard InChI is InChI=1S/C26H33ClN2O3/c1-4-24(26(31)28-21-10-5-6-11-21)29(16-20-9-7-8-18(2)14-20)25(30)17-32-22-12-13-23(27)19(3)15-22/h7-9,12-15,21,24H,4-6,10-11,16-17H2,1-3H3,(H,28,31). The molecule has 0 saturated heterocycles. The number of amides is 2. The monoisotopic (exact) mass is 456 g/mol. The summed E-state index contributed by atoms with van der Waals surface area (Å²) in [5.41, 5.74) is 3.00. The highest BCUT2D eigenvalue weighted by molar-refractivity contribution is 6.31. The van der Waals surface area contributed by atoms with Gasteiger partial charge < -0.3 is 15.0 Å². The van der Waals surface area contributed by atoms with Crippen molar-refractivity contribution in [2.24, 2.45) is 0 Å². The highest BCUT2D eigenvalue weighted by Gasteiger charge is 2.30. The van der Waals surface area contributed by atoms with Crippen molar-refractivity contribution in [2.75, 3.05) is 6.61 Å². The third-order valence-corrected chi connectivity index (χ3v) is 6.44. The van der Waals surface area contributed by atoms with Gasteiger partial charge in [0.05, 0.1) is 0 Å². The Morgan fingerprint density at radius 2 is 1.91 bits per heavy atom. The summed E-state index contributed by atoms with van der Waals surface area (Å²) in [6.45, 7) is 6.08. The predicted molar refractivity (Wildman–Crippen MR) is 128 cm³/mol. The van der Waals surface area contributed by atoms with E-state index in [0.717, 1.165) is 42.4 Å². The lowest BCUT2D eigenvalue weighted by Gasteiger charge is -2.31. The van der Waals surface area contributed by atoms with Gasteiger partial charge in [-0.3, -0.25) is 9.59 Å². The van der Waals surface area contributed by atoms with Gasteiger partial charge in [-0.1, -0.05) is 61.2 Å². The van der Waals surface area contributed by atoms with E-state index in [1.54, 1.807) is 17.0 Å². The molecule has 1 aliphatic carbocycles. The van der Waals surface area contributed by atoms with Crippen LogP contribution in [0.15, 0.2) is 42.5 Å². The summed E-state index contributed by atoms with van der Waals surface area (Å²) in [5, 5.41) is 3.81. The van der Waals surface area contributed by atoms with Crippen LogP contribution >= 0.6 is 11.6 Å². The minimum absolute atomic E-state index is 0.0808. The molecule has 1 N–H and O–H groups in total. The summed E-state index contributed by atoms with van der Waals surface area (Å²) >= 11 is 6.09. The van der Waals surface area contributed by atoms with Gasteiger partial charge in [-0.15, -0.1) is 0 Å². The highest BCUT2D eigenvalue weighted by atomic mass is 35.5. The summed E-state index contributed by atoms with van der Waals surface area (Å²) in [7, 11) is 0. The molecule has 0 spiro atoms. The molecule has 0 aromatic heterocycles. The number of rotatable bonds is 9. The van der Waals surface area contributed by atoms with Crippen molar-refractivity contribution in [3.63, 3.8) is 0 Å². The summed E-state index contributed by atoms with van der Waals surface area (Å²) < 4.78 is 5.77. The van der Waals surface area contributed by atoms with Crippen LogP contribution in [-0.2, 0) is 16.1 Å². The second-order valence-electron chi connectivity index (χ2n) is 8.62. The summed E-state index contributed by atoms with van der Waals surface area (Å²) in [4.78, 5) is 28.1. The quantitative estimate of drug-likeness (QED) is 0.564. The molecule has 2 amide bonds. The average Bonchev–Trinajstić information content (AvgIpc) is 3.27. The number of aryl methyl sites for hydroxylation is 2. The van der Waals surface area contributed by atoms with Crippen molar-refractivity contribution in [1.29, 1.82) is 0 Å². The number of hydrogen-bond donors (Lipinski definition) is 1. The molecule has 1 fully saturated rings. The summed E-state index contributed by atoms with van der Waals surface area (Å²) in [6, 6.07) is 13.0. The molecule has 1 unspecified atom stereocenters. The molecule has 5 nitrogen and oxygen atoms in total. The Kier molecular flexibility index (Phi) is 8.57. The molecule has 0 aliphatic heterocycles. The van der Waals surface area contributed by atoms with Gasteiger partial charge in [0, 0.05) is 17.6 Å². The van der Waals surface area contributed by atoms with E-state index in [1.165, 1.54) is 0 Å². The van der Waals surface area contributed by atoms with Crippen LogP contribution in [-0.4, -0.2) is 35.4 Å². The molecule has 1 saturated carbocycles. The van der Waals surface area contributed by atoms with E-state index < -0.39 is 6.04 Å². The van der Waals surface area contributed by atoms with E-state index in [0.29, 0.717) is 23.7 Å². The fraction of sp³-hybridized carbons (Fsp3) is 0.462. The second kappa shape index (κ2) is 11.4. The molecule has 1 atom stereocenters. The van der Waals surface area contributed by atoms with Crippen LogP contribution in [0.5, 0.6) is 5.75 Å². The van der Waals surface area contributed by atoms with Gasteiger partial charge in [0.15, 0.2) is 6.61 Å². The predicted octanol–water partition coefficient (Wildman–Crippen LogP) is 5.20. The van der Waals surface area contributed by atoms with Crippen molar-refractivity contribution in [2.45, 2.75) is 71.5 Å². The first-order valence-electron chi connectivity index (χ1n) is 11.4. The lowest BCUT2D eigenvalue weighted by Crippen LogP contribution is -2.52. The van der Waals surface area contributed by atoms with Crippen LogP contribution in [0.25, 0.3) is 0 Å². The largest absolute Gasteiger partial charge is 0.484 e. The normalized spacial score (nSPS) is 14.8. The van der Waals surface area contributed by atoms with Gasteiger partial charge in [-0.25, -0.2) is 0 Å². The topological polar surface area (TPSA) is 58.6 Å². The minimum Gasteiger partial charge on any atom is -0.484 e. The van der Waals surface area contributed by atoms with Gasteiger partial charge in [-0.05, 0) is 62.4 Å². The van der Waals surface area contributed by atoms with Crippen LogP contribution in [0.3, 0.4) is 0 Å². The van der Waals surface area contributed by atoms with Crippen LogP contribution < -0.4 is 10.1 Å². The Balaban J connectivity index is 1.76. The molecule has 2 aromatic rings. The molecular weight excluding hydrogens is 424 g/mol. The van der Waals surface area contributed by atoms with Gasteiger partial charge in [0.2, 0.25) is 5.91 Å². The van der Waals surface area contributed by atoms with E-state index in [2.05, 4.69) is 5.32 Å². The molecule has 2 aromatic carbocycles. The second-order valence-corrected chi connectivity index (χ2v) is 9.03. The smallest absolute Gasteiger partial charge is 0.261 e. The average molecular weight is 457 g/mol. The molecule has 6 heteroatoms. The Labute approximate surface area is 196 Å². The Bertz CT molecular complexity index is 940. The van der Waals surface area contributed by atoms with E-state index in [1.807, 2.05) is 51.1 Å². The zero-order valence-electron chi connectivity index (χ0n) is 19.2. The molecule has 1 aliphatic rings. The number of nitrogens with zero attached hydrogens (tertiary/aromatic N) is 1. The first-order valence-corrected chi connectivity index (χ1v) is 11.8. The number of nitrogens with one attached hydrogen (secondary N) is 1. The Hall–Kier alpha value is -2.53. The summed E-state index contributed by atoms with van der Waals surface area (Å²) in [6.07, 6.45) is 4.83. The zero-order chi connectivity index (χ0) is 23.1. The van der Waals surface area contributed by atoms with Crippen LogP contribution in [0, 0.1) is 13.8 Å². The van der Waals surface area contributed by atoms with Gasteiger partial charge >= 0.3 is 0 Å². The fourth-order valence-electron chi connectivity index (χ4n) is 4.23. The lowest BCUT2D eigenvalue weighted by atomic mass is 10.1. The SMILES string of the molecule is CCC(C(=O)NC1CCCC1)N(Cc1cccc(C)c1)C(=O)COc1ccc(Cl)c(C)c1. The van der Waals surface area contributed by atoms with Crippen molar-refractivity contribution < 1.29 is 14.3 Å². The molecule has 0 bridgehead atoms. The van der Waals surface area contributed by atoms with E-state index in [4.69, 9.17) is 16.3 Å². The zero-order valence-corrected chi connectivity index (χ0v) is 20.0. The molecule has 32 heavy (non-hydrogen) atoms. The maximum Gasteiger partial charge on any atom is 0.261 e. The molecule has 0 heterocycles. The van der Waals surface area contributed by atoms with Crippen LogP contribution in [0.2, 0.25) is 5.02 Å². The maximum absolute atomic E-state index is 13.3. The maximum atomic E-state index is 13.3. The van der Waals surface area contributed by atoms with E-state index in [9.17, 15) is 9.59 Å². The van der Waals surface area contributed by atoms with Crippen molar-refractivity contribution in [1.82, 2.24) is 10.2 Å². The number of carbonyl (C=O) groups excluding carboxylic acids is 2. The van der Waals surface area contributed by atoms with E-state index >= 15 is 0 Å². The fourth-order valence-corrected chi connectivity index (χ4v) is 4.35. The van der Waals surface area contributed by atoms with Gasteiger partial charge in [0.1, 0.15) is 11.8 Å². The van der Waals surface area contributed by atoms with Gasteiger partial charge in [0.25, 0.3) is 5.91 Å². The number of halogens is 1.